The lowest BCUT2D eigenvalue weighted by atomic mass is 9.44. The van der Waals surface area contributed by atoms with E-state index in [4.69, 9.17) is 59.8 Å². The van der Waals surface area contributed by atoms with Crippen LogP contribution in [0.3, 0.4) is 0 Å². The fraction of sp³-hybridized carbons (Fsp3) is 0.706. The average Bonchev–Trinajstić information content (AvgIpc) is 1.46. The second-order valence-corrected chi connectivity index (χ2v) is 35.6. The van der Waals surface area contributed by atoms with Crippen LogP contribution in [0.5, 0.6) is 0 Å². The van der Waals surface area contributed by atoms with Gasteiger partial charge in [-0.25, -0.2) is 26.7 Å². The highest BCUT2D eigenvalue weighted by atomic mass is 19.2. The third kappa shape index (κ3) is 11.5. The quantitative estimate of drug-likeness (QED) is 0.0426. The van der Waals surface area contributed by atoms with E-state index < -0.39 is 188 Å². The van der Waals surface area contributed by atoms with Gasteiger partial charge in [-0.05, 0) is 187 Å². The van der Waals surface area contributed by atoms with Crippen molar-refractivity contribution in [3.8, 4) is 0 Å². The molecule has 9 saturated carbocycles. The summed E-state index contributed by atoms with van der Waals surface area (Å²) in [5.74, 6) is -6.52. The first kappa shape index (κ1) is 82.8. The number of aliphatic hydroxyl groups excluding tert-OH is 3. The maximum absolute atomic E-state index is 17.6. The van der Waals surface area contributed by atoms with Gasteiger partial charge in [0.15, 0.2) is 88.2 Å². The molecule has 29 atom stereocenters. The molecule has 3 aliphatic heterocycles. The zero-order valence-corrected chi connectivity index (χ0v) is 65.4. The van der Waals surface area contributed by atoms with Crippen molar-refractivity contribution in [1.82, 2.24) is 0 Å². The summed E-state index contributed by atoms with van der Waals surface area (Å²) < 4.78 is 138. The summed E-state index contributed by atoms with van der Waals surface area (Å²) in [6.07, 6.45) is 6.28. The number of carbonyl (C=O) groups is 7. The van der Waals surface area contributed by atoms with E-state index in [0.717, 1.165) is 36.5 Å². The van der Waals surface area contributed by atoms with Gasteiger partial charge >= 0.3 is 5.97 Å². The van der Waals surface area contributed by atoms with Crippen molar-refractivity contribution < 1.29 is 113 Å². The van der Waals surface area contributed by atoms with Gasteiger partial charge in [0.25, 0.3) is 0 Å². The molecule has 1 aromatic rings. The van der Waals surface area contributed by atoms with Gasteiger partial charge in [0.05, 0.1) is 55.6 Å². The van der Waals surface area contributed by atoms with Crippen molar-refractivity contribution in [3.63, 3.8) is 0 Å². The van der Waals surface area contributed by atoms with Crippen LogP contribution in [0.2, 0.25) is 0 Å². The molecule has 27 heteroatoms. The van der Waals surface area contributed by atoms with Crippen LogP contribution in [0, 0.1) is 68.0 Å². The predicted octanol–water partition coefficient (Wildman–Crippen LogP) is 9.53. The lowest BCUT2D eigenvalue weighted by Gasteiger charge is -2.63. The number of halogens is 5. The molecule has 12 aliphatic carbocycles. The summed E-state index contributed by atoms with van der Waals surface area (Å²) in [7, 11) is 0. The predicted molar refractivity (Wildman–Crippen MR) is 394 cm³/mol. The Labute approximate surface area is 649 Å². The highest BCUT2D eigenvalue weighted by molar-refractivity contribution is 6.03. The van der Waals surface area contributed by atoms with Gasteiger partial charge in [-0.15, -0.1) is 0 Å². The van der Waals surface area contributed by atoms with E-state index in [-0.39, 0.29) is 111 Å². The first-order valence-electron chi connectivity index (χ1n) is 40.3. The first-order chi connectivity index (χ1) is 52.9. The van der Waals surface area contributed by atoms with E-state index in [1.165, 1.54) is 49.5 Å². The molecule has 22 nitrogen and oxygen atoms in total. The van der Waals surface area contributed by atoms with E-state index in [0.29, 0.717) is 51.5 Å². The molecule has 15 aliphatic rings. The van der Waals surface area contributed by atoms with Gasteiger partial charge in [0, 0.05) is 56.8 Å². The van der Waals surface area contributed by atoms with E-state index in [2.05, 4.69) is 0 Å². The van der Waals surface area contributed by atoms with Crippen LogP contribution in [0.4, 0.5) is 22.0 Å². The molecule has 3 saturated heterocycles. The van der Waals surface area contributed by atoms with Crippen LogP contribution >= 0.6 is 0 Å². The number of rotatable bonds is 19. The Morgan fingerprint density at radius 2 is 0.848 bits per heavy atom. The van der Waals surface area contributed by atoms with Gasteiger partial charge in [-0.3, -0.25) is 28.8 Å². The normalized spacial score (nSPS) is 47.1. The van der Waals surface area contributed by atoms with E-state index in [1.807, 2.05) is 34.6 Å². The van der Waals surface area contributed by atoms with E-state index in [1.54, 1.807) is 51.1 Å². The van der Waals surface area contributed by atoms with Crippen LogP contribution in [0.15, 0.2) is 95.7 Å². The zero-order valence-electron chi connectivity index (χ0n) is 65.4. The number of hydrogen-bond donors (Lipinski definition) is 6. The van der Waals surface area contributed by atoms with Gasteiger partial charge in [0.1, 0.15) is 25.6 Å². The largest absolute Gasteiger partial charge is 0.454 e. The standard InChI is InChI=1S/C33H39F2NO7.C26H35F2NO6.C26H36FNO6/c1-4-5-28-42-27-14-21-22-13-24(34)23-12-20(37)10-11-30(23,2)32(22,35)25(38)15-31(21,3)33(27,43-28)26(39)17-41-29(40)19-8-6-18(16-36)7-9-19;1-4-5-22-34-21-10-15-16-9-18(27)17-8-14(30)6-7-23(17,2)25(16,28)19(31)11-24(15,3)26(21,35-22)20(32)12-33-13-29;1-4-5-22-33-21-11-18-17-7-6-15-10-16(29)8-9-23(15,2)25(17,27)19(30)12-24(18,3)26(21,34-22)20(31)13-32-14-28/h6-12,21-22,24-25,27-28,38H,4-5,13-17,36H2,1-3H3;6-8,15-16,18-19,21-22,31H,4-5,9-13,29H2,1-3H3;8-10,17-19,21-22,30H,4-7,11-14,28H2,1-3H3/t21-,22-,24-,25-,27+,28?,30-,31-,32-,33+;15-,16-,18-,19-,21+,22?,23-,24-,25-,26+;17-,18-,19-,21+,22?,23-,24-,25-,26+/m000/s1. The molecule has 0 bridgehead atoms. The summed E-state index contributed by atoms with van der Waals surface area (Å²) in [4.78, 5) is 90.6. The molecule has 614 valence electrons. The fourth-order valence-electron chi connectivity index (χ4n) is 25.3. The summed E-state index contributed by atoms with van der Waals surface area (Å²) in [6.45, 7) is 15.4. The summed E-state index contributed by atoms with van der Waals surface area (Å²) in [6, 6.07) is 6.54. The topological polar surface area (TPSA) is 341 Å². The lowest BCUT2D eigenvalue weighted by molar-refractivity contribution is -0.235. The molecular weight excluding hydrogens is 1460 g/mol. The first-order valence-corrected chi connectivity index (χ1v) is 40.3. The zero-order chi connectivity index (χ0) is 80.9. The molecule has 12 fully saturated rings. The smallest absolute Gasteiger partial charge is 0.338 e. The third-order valence-corrected chi connectivity index (χ3v) is 30.6. The van der Waals surface area contributed by atoms with Gasteiger partial charge in [-0.2, -0.15) is 0 Å². The monoisotopic (exact) mass is 1570 g/mol. The molecule has 9 N–H and O–H groups in total. The van der Waals surface area contributed by atoms with Gasteiger partial charge in [-0.1, -0.05) is 96.7 Å². The number of benzene rings is 1. The second kappa shape index (κ2) is 29.4. The number of aliphatic hydroxyl groups is 3. The molecule has 0 radical (unpaired) electrons. The summed E-state index contributed by atoms with van der Waals surface area (Å²) in [5.41, 5.74) is 0.553. The van der Waals surface area contributed by atoms with Crippen molar-refractivity contribution in [2.75, 3.05) is 33.3 Å². The Hall–Kier alpha value is -5.76. The van der Waals surface area contributed by atoms with Gasteiger partial charge in [0.2, 0.25) is 5.78 Å². The van der Waals surface area contributed by atoms with Crippen molar-refractivity contribution >= 4 is 40.7 Å². The van der Waals surface area contributed by atoms with Crippen LogP contribution in [-0.2, 0) is 77.9 Å². The number of alkyl halides is 5. The lowest BCUT2D eigenvalue weighted by Crippen LogP contribution is -2.71. The maximum Gasteiger partial charge on any atom is 0.338 e. The molecule has 1 aromatic carbocycles. The number of fused-ring (bicyclic) bond motifs is 21. The van der Waals surface area contributed by atoms with E-state index >= 15 is 22.0 Å². The number of esters is 1. The molecule has 0 spiro atoms. The number of ether oxygens (including phenoxy) is 9. The van der Waals surface area contributed by atoms with Crippen molar-refractivity contribution in [3.05, 3.63) is 107 Å². The number of nitrogens with two attached hydrogens (primary N) is 3. The van der Waals surface area contributed by atoms with Crippen LogP contribution < -0.4 is 17.2 Å². The SMILES string of the molecule is CCCC1O[C@@H]2C[C@H]3[C@@H]4CCC5=CC(=O)C=C[C@]5(C)[C@@]4(F)[C@@H](O)C[C@]3(C)[C@]2(C(=O)COCN)O1.CCCC1O[C@@H]2C[C@H]3[C@@H]4C[C@H](F)C5=CC(=O)C=C[C@]5(C)[C@@]4(F)[C@@H](O)C[C@]3(C)[C@]2(C(=O)COC(=O)c2ccc(CN)cc2)O1.CCCC1O[C@@H]2C[C@H]3[C@@H]4C[C@H](F)C5=CC(=O)C=C[C@]5(C)[C@@]4(F)[C@@H](O)C[C@]3(C)[C@]2(C(=O)COCN)O1. The van der Waals surface area contributed by atoms with Crippen LogP contribution in [0.1, 0.15) is 181 Å². The molecule has 112 heavy (non-hydrogen) atoms. The molecule has 0 aromatic heterocycles. The van der Waals surface area contributed by atoms with Crippen LogP contribution in [0.25, 0.3) is 0 Å². The third-order valence-electron chi connectivity index (χ3n) is 30.6. The Kier molecular flexibility index (Phi) is 21.7. The van der Waals surface area contributed by atoms with E-state index in [9.17, 15) is 48.9 Å². The highest BCUT2D eigenvalue weighted by Crippen LogP contribution is 2.76. The fourth-order valence-corrected chi connectivity index (χ4v) is 25.3. The minimum absolute atomic E-state index is 0.0345. The minimum Gasteiger partial charge on any atom is -0.454 e. The minimum atomic E-state index is -2.29. The molecular formula is C85H110F5N3O19. The Balaban J connectivity index is 0.000000141. The second-order valence-electron chi connectivity index (χ2n) is 35.6. The number of carbonyl (C=O) groups excluding carboxylic acids is 7. The Morgan fingerprint density at radius 3 is 1.22 bits per heavy atom. The highest BCUT2D eigenvalue weighted by Gasteiger charge is 2.84. The molecule has 0 amide bonds. The van der Waals surface area contributed by atoms with Crippen molar-refractivity contribution in [1.29, 1.82) is 0 Å². The number of allylic oxidation sites excluding steroid dienone is 12. The van der Waals surface area contributed by atoms with Crippen molar-refractivity contribution in [2.24, 2.45) is 85.2 Å². The Bertz CT molecular complexity index is 4140. The Morgan fingerprint density at radius 1 is 0.491 bits per heavy atom. The van der Waals surface area contributed by atoms with Gasteiger partial charge < -0.3 is 75.2 Å². The number of hydrogen-bond acceptors (Lipinski definition) is 22. The number of ketones is 6. The average molecular weight is 1570 g/mol. The summed E-state index contributed by atoms with van der Waals surface area (Å²) in [5, 5.41) is 34.7. The molecule has 3 unspecified atom stereocenters. The molecule has 16 rings (SSSR count). The molecule has 3 heterocycles. The summed E-state index contributed by atoms with van der Waals surface area (Å²) >= 11 is 0. The van der Waals surface area contributed by atoms with Crippen molar-refractivity contribution in [2.45, 2.75) is 273 Å². The maximum atomic E-state index is 17.6. The number of Topliss-reactive ketones (excluding diaryl/α,β-unsaturated/α-hetero) is 3. The van der Waals surface area contributed by atoms with Crippen LogP contribution in [-0.4, -0.2) is 191 Å².